The monoisotopic (exact) mass is 151 g/mol. The molecule has 0 aliphatic carbocycles. The molecule has 0 aliphatic heterocycles. The third-order valence-corrected chi connectivity index (χ3v) is 0.643. The molecular formula is C3H5NO6. The summed E-state index contributed by atoms with van der Waals surface area (Å²) in [5, 5.41) is 24.8. The summed E-state index contributed by atoms with van der Waals surface area (Å²) in [4.78, 5) is 22.6. The molecule has 7 heteroatoms. The molecule has 1 unspecified atom stereocenters. The van der Waals surface area contributed by atoms with Crippen LogP contribution in [0.3, 0.4) is 0 Å². The lowest BCUT2D eigenvalue weighted by Gasteiger charge is -2.14. The molecule has 0 bridgehead atoms. The van der Waals surface area contributed by atoms with Crippen LogP contribution in [0.25, 0.3) is 0 Å². The number of aliphatic hydroxyl groups is 2. The Balaban J connectivity index is 4.05. The largest absolute Gasteiger partial charge is 0.391 e. The molecule has 0 saturated heterocycles. The molecule has 7 nitrogen and oxygen atoms in total. The number of carbonyl (C=O) groups is 1. The molecule has 2 N–H and O–H groups in total. The second-order valence-corrected chi connectivity index (χ2v) is 1.44. The SMILES string of the molecule is O=CC(O)(CO)O[N+](=O)[O-]. The lowest BCUT2D eigenvalue weighted by atomic mass is 10.3. The average molecular weight is 151 g/mol. The zero-order chi connectivity index (χ0) is 8.20. The molecule has 0 aliphatic rings. The van der Waals surface area contributed by atoms with Gasteiger partial charge in [0.15, 0.2) is 6.29 Å². The highest BCUT2D eigenvalue weighted by Gasteiger charge is 2.29. The van der Waals surface area contributed by atoms with Crippen LogP contribution in [0.2, 0.25) is 0 Å². The zero-order valence-corrected chi connectivity index (χ0v) is 4.76. The van der Waals surface area contributed by atoms with Crippen molar-refractivity contribution in [3.05, 3.63) is 10.1 Å². The maximum atomic E-state index is 9.75. The molecular weight excluding hydrogens is 146 g/mol. The highest BCUT2D eigenvalue weighted by atomic mass is 17.0. The van der Waals surface area contributed by atoms with E-state index in [9.17, 15) is 14.9 Å². The van der Waals surface area contributed by atoms with Crippen molar-refractivity contribution in [3.63, 3.8) is 0 Å². The van der Waals surface area contributed by atoms with Crippen molar-refractivity contribution in [1.82, 2.24) is 0 Å². The van der Waals surface area contributed by atoms with Gasteiger partial charge in [-0.1, -0.05) is 0 Å². The van der Waals surface area contributed by atoms with Gasteiger partial charge in [-0.25, -0.2) is 0 Å². The third kappa shape index (κ3) is 2.37. The molecule has 58 valence electrons. The van der Waals surface area contributed by atoms with Gasteiger partial charge in [0.2, 0.25) is 0 Å². The van der Waals surface area contributed by atoms with E-state index >= 15 is 0 Å². The molecule has 0 rings (SSSR count). The Morgan fingerprint density at radius 2 is 2.30 bits per heavy atom. The molecule has 0 fully saturated rings. The first kappa shape index (κ1) is 8.79. The van der Waals surface area contributed by atoms with Crippen LogP contribution < -0.4 is 0 Å². The van der Waals surface area contributed by atoms with Crippen molar-refractivity contribution in [3.8, 4) is 0 Å². The maximum absolute atomic E-state index is 9.75. The second kappa shape index (κ2) is 3.08. The van der Waals surface area contributed by atoms with E-state index in [1.807, 2.05) is 0 Å². The van der Waals surface area contributed by atoms with Crippen molar-refractivity contribution in [2.45, 2.75) is 5.79 Å². The summed E-state index contributed by atoms with van der Waals surface area (Å²) in [7, 11) is 0. The van der Waals surface area contributed by atoms with Crippen LogP contribution in [0.15, 0.2) is 0 Å². The molecule has 0 heterocycles. The van der Waals surface area contributed by atoms with Crippen LogP contribution in [0, 0.1) is 10.1 Å². The van der Waals surface area contributed by atoms with E-state index in [2.05, 4.69) is 4.84 Å². The van der Waals surface area contributed by atoms with Crippen LogP contribution >= 0.6 is 0 Å². The van der Waals surface area contributed by atoms with Gasteiger partial charge in [-0.3, -0.25) is 9.63 Å². The van der Waals surface area contributed by atoms with Crippen LogP contribution in [0.4, 0.5) is 0 Å². The summed E-state index contributed by atoms with van der Waals surface area (Å²) in [5.74, 6) is -2.72. The Labute approximate surface area is 54.9 Å². The molecule has 1 atom stereocenters. The second-order valence-electron chi connectivity index (χ2n) is 1.44. The lowest BCUT2D eigenvalue weighted by Crippen LogP contribution is -2.40. The Hall–Kier alpha value is -1.21. The topological polar surface area (TPSA) is 110 Å². The van der Waals surface area contributed by atoms with Crippen LogP contribution in [-0.4, -0.2) is 34.0 Å². The first-order valence-corrected chi connectivity index (χ1v) is 2.17. The van der Waals surface area contributed by atoms with Gasteiger partial charge in [-0.2, -0.15) is 0 Å². The molecule has 0 radical (unpaired) electrons. The van der Waals surface area contributed by atoms with Crippen LogP contribution in [0.1, 0.15) is 0 Å². The average Bonchev–Trinajstić information content (AvgIpc) is 1.87. The van der Waals surface area contributed by atoms with E-state index in [4.69, 9.17) is 10.2 Å². The summed E-state index contributed by atoms with van der Waals surface area (Å²) in [6.07, 6.45) is -0.268. The zero-order valence-electron chi connectivity index (χ0n) is 4.76. The summed E-state index contributed by atoms with van der Waals surface area (Å²) in [6.45, 7) is -1.16. The Kier molecular flexibility index (Phi) is 2.71. The van der Waals surface area contributed by atoms with Gasteiger partial charge < -0.3 is 10.2 Å². The molecule has 0 saturated carbocycles. The molecule has 0 aromatic carbocycles. The lowest BCUT2D eigenvalue weighted by molar-refractivity contribution is -0.789. The van der Waals surface area contributed by atoms with Gasteiger partial charge in [0.25, 0.3) is 10.9 Å². The molecule has 0 aromatic heterocycles. The van der Waals surface area contributed by atoms with Crippen molar-refractivity contribution in [2.75, 3.05) is 6.61 Å². The number of rotatable bonds is 4. The molecule has 0 spiro atoms. The van der Waals surface area contributed by atoms with Crippen molar-refractivity contribution in [2.24, 2.45) is 0 Å². The number of hydrogen-bond acceptors (Lipinski definition) is 6. The van der Waals surface area contributed by atoms with E-state index in [1.54, 1.807) is 0 Å². The molecule has 0 aromatic rings. The van der Waals surface area contributed by atoms with Crippen molar-refractivity contribution in [1.29, 1.82) is 0 Å². The Bertz CT molecular complexity index is 146. The first-order valence-electron chi connectivity index (χ1n) is 2.17. The maximum Gasteiger partial charge on any atom is 0.297 e. The number of carbonyl (C=O) groups excluding carboxylic acids is 1. The van der Waals surface area contributed by atoms with Gasteiger partial charge in [0.1, 0.15) is 6.61 Å². The molecule has 10 heavy (non-hydrogen) atoms. The van der Waals surface area contributed by atoms with Gasteiger partial charge in [-0.15, -0.1) is 10.1 Å². The molecule has 0 amide bonds. The quantitative estimate of drug-likeness (QED) is 0.209. The number of hydrogen-bond donors (Lipinski definition) is 2. The van der Waals surface area contributed by atoms with Gasteiger partial charge in [-0.05, 0) is 0 Å². The van der Waals surface area contributed by atoms with Crippen LogP contribution in [-0.2, 0) is 9.63 Å². The summed E-state index contributed by atoms with van der Waals surface area (Å²) < 4.78 is 0. The fourth-order valence-electron chi connectivity index (χ4n) is 0.217. The van der Waals surface area contributed by atoms with E-state index in [1.165, 1.54) is 0 Å². The first-order chi connectivity index (χ1) is 4.54. The highest BCUT2D eigenvalue weighted by Crippen LogP contribution is 2.00. The minimum absolute atomic E-state index is 0.268. The van der Waals surface area contributed by atoms with Gasteiger partial charge in [0.05, 0.1) is 0 Å². The summed E-state index contributed by atoms with van der Waals surface area (Å²) >= 11 is 0. The number of nitrogens with zero attached hydrogens (tertiary/aromatic N) is 1. The fraction of sp³-hybridized carbons (Fsp3) is 0.667. The van der Waals surface area contributed by atoms with Crippen LogP contribution in [0.5, 0.6) is 0 Å². The highest BCUT2D eigenvalue weighted by molar-refractivity contribution is 5.59. The van der Waals surface area contributed by atoms with E-state index < -0.39 is 17.5 Å². The summed E-state index contributed by atoms with van der Waals surface area (Å²) in [6, 6.07) is 0. The van der Waals surface area contributed by atoms with Gasteiger partial charge in [0, 0.05) is 0 Å². The predicted molar refractivity (Wildman–Crippen MR) is 26.2 cm³/mol. The smallest absolute Gasteiger partial charge is 0.297 e. The van der Waals surface area contributed by atoms with Gasteiger partial charge >= 0.3 is 0 Å². The van der Waals surface area contributed by atoms with E-state index in [0.29, 0.717) is 0 Å². The normalized spacial score (nSPS) is 15.4. The number of aldehydes is 1. The standard InChI is InChI=1S/C3H5NO6/c5-1-3(7,2-6)10-4(8)9/h1,6-7H,2H2. The minimum atomic E-state index is -2.72. The Morgan fingerprint density at radius 1 is 1.80 bits per heavy atom. The summed E-state index contributed by atoms with van der Waals surface area (Å²) in [5.41, 5.74) is 0. The van der Waals surface area contributed by atoms with E-state index in [-0.39, 0.29) is 6.29 Å². The van der Waals surface area contributed by atoms with E-state index in [0.717, 1.165) is 0 Å². The van der Waals surface area contributed by atoms with Crippen molar-refractivity contribution < 1.29 is 24.9 Å². The van der Waals surface area contributed by atoms with Crippen molar-refractivity contribution >= 4 is 6.29 Å². The predicted octanol–water partition coefficient (Wildman–Crippen LogP) is -1.93. The third-order valence-electron chi connectivity index (χ3n) is 0.643. The Morgan fingerprint density at radius 3 is 2.40 bits per heavy atom. The fourth-order valence-corrected chi connectivity index (χ4v) is 0.217. The number of aliphatic hydroxyl groups excluding tert-OH is 1. The minimum Gasteiger partial charge on any atom is -0.391 e.